The van der Waals surface area contributed by atoms with Crippen LogP contribution in [0.5, 0.6) is 0 Å². The third-order valence-electron chi connectivity index (χ3n) is 8.04. The third-order valence-corrected chi connectivity index (χ3v) is 8.04. The maximum atomic E-state index is 13.4. The lowest BCUT2D eigenvalue weighted by Gasteiger charge is -2.47. The highest BCUT2D eigenvalue weighted by Crippen LogP contribution is 2.57. The summed E-state index contributed by atoms with van der Waals surface area (Å²) in [5.74, 6) is -4.10. The zero-order valence-electron chi connectivity index (χ0n) is 22.1. The topological polar surface area (TPSA) is 111 Å². The minimum atomic E-state index is -5.08. The lowest BCUT2D eigenvalue weighted by atomic mass is 9.60. The number of aliphatic carboxylic acids is 2. The van der Waals surface area contributed by atoms with E-state index < -0.39 is 24.3 Å². The van der Waals surface area contributed by atoms with Crippen molar-refractivity contribution in [3.63, 3.8) is 0 Å². The Bertz CT molecular complexity index is 834. The summed E-state index contributed by atoms with van der Waals surface area (Å²) in [5.41, 5.74) is 0.0736. The number of rotatable bonds is 6. The summed E-state index contributed by atoms with van der Waals surface area (Å²) in [4.78, 5) is 38.5. The van der Waals surface area contributed by atoms with Crippen molar-refractivity contribution in [3.8, 4) is 0 Å². The Labute approximate surface area is 223 Å². The Morgan fingerprint density at radius 2 is 1.44 bits per heavy atom. The van der Waals surface area contributed by atoms with Gasteiger partial charge in [-0.05, 0) is 58.0 Å². The van der Waals surface area contributed by atoms with Gasteiger partial charge >= 0.3 is 24.3 Å². The molecule has 0 aromatic rings. The third kappa shape index (κ3) is 8.43. The molecular formula is C24H37F6N3O6. The maximum absolute atomic E-state index is 13.4. The molecule has 9 nitrogen and oxygen atoms in total. The average Bonchev–Trinajstić information content (AvgIpc) is 3.53. The number of nitrogens with zero attached hydrogens (tertiary/aromatic N) is 3. The number of fused-ring (bicyclic) bond motifs is 1. The number of hydrogen-bond donors (Lipinski definition) is 2. The van der Waals surface area contributed by atoms with Crippen molar-refractivity contribution >= 4 is 17.8 Å². The first-order valence-corrected chi connectivity index (χ1v) is 12.8. The van der Waals surface area contributed by atoms with Gasteiger partial charge in [0.15, 0.2) is 0 Å². The highest BCUT2D eigenvalue weighted by Gasteiger charge is 2.64. The van der Waals surface area contributed by atoms with Crippen LogP contribution >= 0.6 is 0 Å². The van der Waals surface area contributed by atoms with Gasteiger partial charge in [-0.1, -0.05) is 0 Å². The molecule has 1 aliphatic carbocycles. The average molecular weight is 578 g/mol. The van der Waals surface area contributed by atoms with Crippen LogP contribution in [0.1, 0.15) is 39.0 Å². The normalized spacial score (nSPS) is 25.3. The van der Waals surface area contributed by atoms with Crippen molar-refractivity contribution in [1.82, 2.24) is 14.7 Å². The molecule has 226 valence electrons. The number of carboxylic acids is 2. The Balaban J connectivity index is 0.000000317. The van der Waals surface area contributed by atoms with E-state index in [1.807, 2.05) is 0 Å². The predicted octanol–water partition coefficient (Wildman–Crippen LogP) is 2.95. The van der Waals surface area contributed by atoms with Crippen LogP contribution in [-0.2, 0) is 19.1 Å². The van der Waals surface area contributed by atoms with Crippen molar-refractivity contribution in [2.45, 2.75) is 51.4 Å². The minimum Gasteiger partial charge on any atom is -0.475 e. The summed E-state index contributed by atoms with van der Waals surface area (Å²) in [6.07, 6.45) is -3.84. The number of halogens is 6. The zero-order chi connectivity index (χ0) is 29.6. The molecule has 0 aromatic carbocycles. The van der Waals surface area contributed by atoms with E-state index in [0.717, 1.165) is 51.7 Å². The van der Waals surface area contributed by atoms with Gasteiger partial charge in [0.05, 0.1) is 12.0 Å². The molecule has 3 heterocycles. The van der Waals surface area contributed by atoms with Crippen LogP contribution in [0, 0.1) is 16.7 Å². The first-order valence-electron chi connectivity index (χ1n) is 12.8. The van der Waals surface area contributed by atoms with Gasteiger partial charge in [-0.15, -0.1) is 0 Å². The second-order valence-electron chi connectivity index (χ2n) is 10.6. The van der Waals surface area contributed by atoms with Crippen LogP contribution < -0.4 is 0 Å². The van der Waals surface area contributed by atoms with Gasteiger partial charge in [-0.25, -0.2) is 9.59 Å². The number of ether oxygens (including phenoxy) is 1. The molecule has 3 saturated heterocycles. The summed E-state index contributed by atoms with van der Waals surface area (Å²) in [5, 5.41) is 14.2. The van der Waals surface area contributed by atoms with Crippen molar-refractivity contribution in [3.05, 3.63) is 0 Å². The van der Waals surface area contributed by atoms with E-state index >= 15 is 0 Å². The lowest BCUT2D eigenvalue weighted by molar-refractivity contribution is -0.193. The number of methoxy groups -OCH3 is 1. The smallest absolute Gasteiger partial charge is 0.475 e. The Morgan fingerprint density at radius 1 is 0.923 bits per heavy atom. The Hall–Kier alpha value is -2.13. The maximum Gasteiger partial charge on any atom is 0.490 e. The molecule has 1 amide bonds. The molecule has 0 radical (unpaired) electrons. The van der Waals surface area contributed by atoms with Crippen molar-refractivity contribution in [2.24, 2.45) is 16.7 Å². The SMILES string of the molecule is CCN1CCC2(CN(CCOC)CC23CCN(CC2CC2)CC3)C1=O.O=C(O)C(F)(F)F.O=C(O)C(F)(F)F. The molecular weight excluding hydrogens is 540 g/mol. The Morgan fingerprint density at radius 3 is 1.82 bits per heavy atom. The number of amides is 1. The molecule has 1 unspecified atom stereocenters. The van der Waals surface area contributed by atoms with Crippen LogP contribution in [0.4, 0.5) is 26.3 Å². The number of alkyl halides is 6. The Kier molecular flexibility index (Phi) is 11.0. The van der Waals surface area contributed by atoms with E-state index in [4.69, 9.17) is 24.5 Å². The second-order valence-corrected chi connectivity index (χ2v) is 10.6. The molecule has 1 atom stereocenters. The summed E-state index contributed by atoms with van der Waals surface area (Å²) >= 11 is 0. The number of likely N-dealkylation sites (tertiary alicyclic amines) is 3. The van der Waals surface area contributed by atoms with Gasteiger partial charge in [-0.3, -0.25) is 9.69 Å². The van der Waals surface area contributed by atoms with Gasteiger partial charge in [0, 0.05) is 51.8 Å². The summed E-state index contributed by atoms with van der Waals surface area (Å²) in [6, 6.07) is 0. The van der Waals surface area contributed by atoms with E-state index in [1.54, 1.807) is 7.11 Å². The molecule has 4 fully saturated rings. The number of carboxylic acid groups (broad SMARTS) is 2. The van der Waals surface area contributed by atoms with E-state index in [1.165, 1.54) is 45.3 Å². The first kappa shape index (κ1) is 33.1. The van der Waals surface area contributed by atoms with Crippen LogP contribution in [0.3, 0.4) is 0 Å². The molecule has 2 N–H and O–H groups in total. The van der Waals surface area contributed by atoms with E-state index in [2.05, 4.69) is 21.6 Å². The fourth-order valence-corrected chi connectivity index (χ4v) is 5.81. The summed E-state index contributed by atoms with van der Waals surface area (Å²) in [6.45, 7) is 11.4. The minimum absolute atomic E-state index is 0.123. The van der Waals surface area contributed by atoms with E-state index in [-0.39, 0.29) is 10.8 Å². The molecule has 1 saturated carbocycles. The molecule has 4 aliphatic rings. The molecule has 4 rings (SSSR count). The first-order chi connectivity index (χ1) is 18.0. The van der Waals surface area contributed by atoms with Gasteiger partial charge < -0.3 is 24.7 Å². The predicted molar refractivity (Wildman–Crippen MR) is 126 cm³/mol. The highest BCUT2D eigenvalue weighted by molar-refractivity contribution is 5.86. The summed E-state index contributed by atoms with van der Waals surface area (Å²) < 4.78 is 68.8. The fourth-order valence-electron chi connectivity index (χ4n) is 5.81. The molecule has 15 heteroatoms. The van der Waals surface area contributed by atoms with Crippen LogP contribution in [0.25, 0.3) is 0 Å². The number of carbonyl (C=O) groups excluding carboxylic acids is 1. The number of carbonyl (C=O) groups is 3. The molecule has 2 spiro atoms. The van der Waals surface area contributed by atoms with E-state index in [0.29, 0.717) is 5.91 Å². The quantitative estimate of drug-likeness (QED) is 0.464. The second kappa shape index (κ2) is 13.0. The van der Waals surface area contributed by atoms with Gasteiger partial charge in [-0.2, -0.15) is 26.3 Å². The number of hydrogen-bond acceptors (Lipinski definition) is 6. The van der Waals surface area contributed by atoms with Gasteiger partial charge in [0.25, 0.3) is 0 Å². The van der Waals surface area contributed by atoms with Crippen molar-refractivity contribution in [1.29, 1.82) is 0 Å². The monoisotopic (exact) mass is 577 g/mol. The summed E-state index contributed by atoms with van der Waals surface area (Å²) in [7, 11) is 1.78. The largest absolute Gasteiger partial charge is 0.490 e. The van der Waals surface area contributed by atoms with Crippen LogP contribution in [0.2, 0.25) is 0 Å². The molecule has 3 aliphatic heterocycles. The van der Waals surface area contributed by atoms with Crippen molar-refractivity contribution < 1.29 is 55.7 Å². The van der Waals surface area contributed by atoms with Crippen molar-refractivity contribution in [2.75, 3.05) is 66.1 Å². The van der Waals surface area contributed by atoms with Gasteiger partial charge in [0.2, 0.25) is 5.91 Å². The number of piperidine rings is 1. The zero-order valence-corrected chi connectivity index (χ0v) is 22.1. The standard InChI is InChI=1S/C20H35N3O2.2C2HF3O2/c1-3-23-11-8-20(18(23)24)16-22(12-13-25-2)15-19(20)6-9-21(10-7-19)14-17-4-5-17;2*3-2(4,5)1(6)7/h17H,3-16H2,1-2H3;2*(H,6,7). The molecule has 0 bridgehead atoms. The van der Waals surface area contributed by atoms with Gasteiger partial charge in [0.1, 0.15) is 0 Å². The lowest BCUT2D eigenvalue weighted by Crippen LogP contribution is -2.53. The van der Waals surface area contributed by atoms with E-state index in [9.17, 15) is 31.1 Å². The molecule has 39 heavy (non-hydrogen) atoms. The van der Waals surface area contributed by atoms with Crippen LogP contribution in [-0.4, -0.2) is 121 Å². The fraction of sp³-hybridized carbons (Fsp3) is 0.875. The highest BCUT2D eigenvalue weighted by atomic mass is 19.4. The van der Waals surface area contributed by atoms with Crippen LogP contribution in [0.15, 0.2) is 0 Å². The molecule has 0 aromatic heterocycles.